The number of H-pyrrole nitrogens is 1. The van der Waals surface area contributed by atoms with Crippen molar-refractivity contribution >= 4 is 11.9 Å². The molecular weight excluding hydrogens is 290 g/mol. The third-order valence-corrected chi connectivity index (χ3v) is 3.03. The highest BCUT2D eigenvalue weighted by molar-refractivity contribution is 5.83. The van der Waals surface area contributed by atoms with E-state index in [0.29, 0.717) is 12.8 Å². The summed E-state index contributed by atoms with van der Waals surface area (Å²) in [6.07, 6.45) is 2.11. The van der Waals surface area contributed by atoms with Crippen LogP contribution in [0.2, 0.25) is 0 Å². The van der Waals surface area contributed by atoms with Gasteiger partial charge < -0.3 is 10.4 Å². The van der Waals surface area contributed by atoms with Crippen LogP contribution in [0.5, 0.6) is 0 Å². The molecule has 1 amide bonds. The van der Waals surface area contributed by atoms with Crippen molar-refractivity contribution in [2.45, 2.75) is 46.2 Å². The number of carbonyl (C=O) groups excluding carboxylic acids is 1. The molecule has 1 aromatic rings. The minimum absolute atomic E-state index is 0.0473. The van der Waals surface area contributed by atoms with E-state index in [0.717, 1.165) is 10.6 Å². The van der Waals surface area contributed by atoms with Crippen molar-refractivity contribution in [3.8, 4) is 0 Å². The average Bonchev–Trinajstić information content (AvgIpc) is 2.36. The molecule has 0 spiro atoms. The van der Waals surface area contributed by atoms with E-state index in [9.17, 15) is 19.2 Å². The third-order valence-electron chi connectivity index (χ3n) is 3.03. The lowest BCUT2D eigenvalue weighted by Crippen LogP contribution is -2.44. The van der Waals surface area contributed by atoms with Crippen molar-refractivity contribution in [1.29, 1.82) is 0 Å². The number of amides is 1. The lowest BCUT2D eigenvalue weighted by Gasteiger charge is -2.21. The van der Waals surface area contributed by atoms with Crippen LogP contribution in [0, 0.1) is 5.41 Å². The Hall–Kier alpha value is -2.38. The van der Waals surface area contributed by atoms with Gasteiger partial charge >= 0.3 is 11.7 Å². The zero-order valence-corrected chi connectivity index (χ0v) is 12.9. The number of carboxylic acids is 1. The minimum atomic E-state index is -1.12. The Morgan fingerprint density at radius 2 is 2.00 bits per heavy atom. The minimum Gasteiger partial charge on any atom is -0.480 e. The van der Waals surface area contributed by atoms with Gasteiger partial charge in [-0.25, -0.2) is 9.59 Å². The monoisotopic (exact) mass is 311 g/mol. The number of carboxylic acid groups (broad SMARTS) is 1. The zero-order chi connectivity index (χ0) is 16.9. The summed E-state index contributed by atoms with van der Waals surface area (Å²) >= 11 is 0. The van der Waals surface area contributed by atoms with E-state index in [1.54, 1.807) is 0 Å². The summed E-state index contributed by atoms with van der Waals surface area (Å²) in [5.41, 5.74) is -1.33. The molecule has 0 saturated heterocycles. The molecule has 1 rings (SSSR count). The lowest BCUT2D eigenvalue weighted by atomic mass is 9.88. The van der Waals surface area contributed by atoms with E-state index < -0.39 is 29.2 Å². The van der Waals surface area contributed by atoms with Gasteiger partial charge in [0.1, 0.15) is 12.6 Å². The smallest absolute Gasteiger partial charge is 0.328 e. The highest BCUT2D eigenvalue weighted by atomic mass is 16.4. The second-order valence-electron chi connectivity index (χ2n) is 6.30. The fourth-order valence-corrected chi connectivity index (χ4v) is 1.80. The number of hydrogen-bond acceptors (Lipinski definition) is 4. The van der Waals surface area contributed by atoms with Gasteiger partial charge in [-0.2, -0.15) is 0 Å². The standard InChI is InChI=1S/C14H21N3O5/c1-14(2,3)6-4-9(12(20)21)15-11(19)8-17-7-5-10(18)16-13(17)22/h5,7,9H,4,6,8H2,1-3H3,(H,15,19)(H,20,21)(H,16,18,22). The van der Waals surface area contributed by atoms with E-state index in [-0.39, 0.29) is 12.0 Å². The van der Waals surface area contributed by atoms with Crippen LogP contribution in [0.15, 0.2) is 21.9 Å². The van der Waals surface area contributed by atoms with Crippen molar-refractivity contribution in [3.63, 3.8) is 0 Å². The van der Waals surface area contributed by atoms with Crippen LogP contribution in [-0.4, -0.2) is 32.6 Å². The van der Waals surface area contributed by atoms with Crippen molar-refractivity contribution in [3.05, 3.63) is 33.1 Å². The Labute approximate surface area is 127 Å². The fraction of sp³-hybridized carbons (Fsp3) is 0.571. The Balaban J connectivity index is 2.69. The largest absolute Gasteiger partial charge is 0.480 e. The van der Waals surface area contributed by atoms with E-state index in [4.69, 9.17) is 5.11 Å². The SMILES string of the molecule is CC(C)(C)CCC(NC(=O)Cn1ccc(=O)[nH]c1=O)C(=O)O. The zero-order valence-electron chi connectivity index (χ0n) is 12.9. The molecule has 0 aliphatic carbocycles. The second kappa shape index (κ2) is 7.06. The van der Waals surface area contributed by atoms with Gasteiger partial charge in [0, 0.05) is 12.3 Å². The number of aliphatic carboxylic acids is 1. The summed E-state index contributed by atoms with van der Waals surface area (Å²) in [6.45, 7) is 5.59. The molecule has 1 unspecified atom stereocenters. The first-order chi connectivity index (χ1) is 10.1. The van der Waals surface area contributed by atoms with Gasteiger partial charge in [0.25, 0.3) is 5.56 Å². The highest BCUT2D eigenvalue weighted by Crippen LogP contribution is 2.21. The van der Waals surface area contributed by atoms with Gasteiger partial charge in [-0.1, -0.05) is 20.8 Å². The van der Waals surface area contributed by atoms with Crippen LogP contribution in [-0.2, 0) is 16.1 Å². The van der Waals surface area contributed by atoms with E-state index in [1.165, 1.54) is 6.20 Å². The molecule has 0 radical (unpaired) electrons. The summed E-state index contributed by atoms with van der Waals surface area (Å²) in [5.74, 6) is -1.72. The molecule has 122 valence electrons. The first kappa shape index (κ1) is 17.7. The average molecular weight is 311 g/mol. The van der Waals surface area contributed by atoms with Crippen molar-refractivity contribution < 1.29 is 14.7 Å². The molecule has 0 aliphatic rings. The number of aromatic amines is 1. The first-order valence-electron chi connectivity index (χ1n) is 6.90. The normalized spacial score (nSPS) is 12.7. The summed E-state index contributed by atoms with van der Waals surface area (Å²) in [4.78, 5) is 47.5. The van der Waals surface area contributed by atoms with E-state index in [2.05, 4.69) is 5.32 Å². The number of nitrogens with one attached hydrogen (secondary N) is 2. The predicted molar refractivity (Wildman–Crippen MR) is 79.6 cm³/mol. The predicted octanol–water partition coefficient (Wildman–Crippen LogP) is -0.0677. The summed E-state index contributed by atoms with van der Waals surface area (Å²) in [6, 6.07) is 0.105. The molecule has 0 aromatic carbocycles. The molecule has 0 aliphatic heterocycles. The van der Waals surface area contributed by atoms with Gasteiger partial charge in [-0.3, -0.25) is 19.1 Å². The maximum atomic E-state index is 11.9. The Morgan fingerprint density at radius 1 is 1.36 bits per heavy atom. The molecule has 1 atom stereocenters. The maximum absolute atomic E-state index is 11.9. The Morgan fingerprint density at radius 3 is 2.50 bits per heavy atom. The maximum Gasteiger partial charge on any atom is 0.328 e. The summed E-state index contributed by atoms with van der Waals surface area (Å²) < 4.78 is 0.999. The number of carbonyl (C=O) groups is 2. The van der Waals surface area contributed by atoms with Gasteiger partial charge in [-0.15, -0.1) is 0 Å². The van der Waals surface area contributed by atoms with Gasteiger partial charge in [0.15, 0.2) is 0 Å². The number of nitrogens with zero attached hydrogens (tertiary/aromatic N) is 1. The molecular formula is C14H21N3O5. The summed E-state index contributed by atoms with van der Waals surface area (Å²) in [5, 5.41) is 11.5. The number of rotatable bonds is 6. The molecule has 22 heavy (non-hydrogen) atoms. The van der Waals surface area contributed by atoms with Crippen molar-refractivity contribution in [1.82, 2.24) is 14.9 Å². The molecule has 0 bridgehead atoms. The second-order valence-corrected chi connectivity index (χ2v) is 6.30. The molecule has 8 nitrogen and oxygen atoms in total. The van der Waals surface area contributed by atoms with Crippen LogP contribution in [0.25, 0.3) is 0 Å². The molecule has 0 fully saturated rings. The number of hydrogen-bond donors (Lipinski definition) is 3. The first-order valence-corrected chi connectivity index (χ1v) is 6.90. The molecule has 3 N–H and O–H groups in total. The van der Waals surface area contributed by atoms with Gasteiger partial charge in [-0.05, 0) is 18.3 Å². The quantitative estimate of drug-likeness (QED) is 0.679. The molecule has 1 aromatic heterocycles. The molecule has 1 heterocycles. The van der Waals surface area contributed by atoms with Crippen molar-refractivity contribution in [2.24, 2.45) is 5.41 Å². The summed E-state index contributed by atoms with van der Waals surface area (Å²) in [7, 11) is 0. The van der Waals surface area contributed by atoms with E-state index in [1.807, 2.05) is 25.8 Å². The molecule has 8 heteroatoms. The van der Waals surface area contributed by atoms with Crippen LogP contribution in [0.1, 0.15) is 33.6 Å². The van der Waals surface area contributed by atoms with E-state index >= 15 is 0 Å². The fourth-order valence-electron chi connectivity index (χ4n) is 1.80. The third kappa shape index (κ3) is 5.94. The van der Waals surface area contributed by atoms with Crippen molar-refractivity contribution in [2.75, 3.05) is 0 Å². The number of aromatic nitrogens is 2. The molecule has 0 saturated carbocycles. The van der Waals surface area contributed by atoms with Crippen LogP contribution in [0.4, 0.5) is 0 Å². The van der Waals surface area contributed by atoms with Crippen LogP contribution < -0.4 is 16.6 Å². The van der Waals surface area contributed by atoms with Crippen LogP contribution in [0.3, 0.4) is 0 Å². The van der Waals surface area contributed by atoms with Gasteiger partial charge in [0.05, 0.1) is 0 Å². The topological polar surface area (TPSA) is 121 Å². The van der Waals surface area contributed by atoms with Gasteiger partial charge in [0.2, 0.25) is 5.91 Å². The lowest BCUT2D eigenvalue weighted by molar-refractivity contribution is -0.142. The Bertz CT molecular complexity index is 653. The highest BCUT2D eigenvalue weighted by Gasteiger charge is 2.22. The van der Waals surface area contributed by atoms with Crippen LogP contribution >= 0.6 is 0 Å². The Kier molecular flexibility index (Phi) is 5.67.